The van der Waals surface area contributed by atoms with E-state index in [0.29, 0.717) is 35.5 Å². The predicted octanol–water partition coefficient (Wildman–Crippen LogP) is 3.97. The van der Waals surface area contributed by atoms with Crippen LogP contribution in [0.15, 0.2) is 30.3 Å². The first kappa shape index (κ1) is 26.8. The summed E-state index contributed by atoms with van der Waals surface area (Å²) in [5.74, 6) is 5.56. The maximum Gasteiger partial charge on any atom is 0.410 e. The number of anilines is 1. The lowest BCUT2D eigenvalue weighted by Crippen LogP contribution is -2.50. The van der Waals surface area contributed by atoms with Gasteiger partial charge in [0.05, 0.1) is 10.6 Å². The molecule has 1 aliphatic rings. The highest BCUT2D eigenvalue weighted by Gasteiger charge is 2.29. The quantitative estimate of drug-likeness (QED) is 0.423. The van der Waals surface area contributed by atoms with E-state index < -0.39 is 23.6 Å². The highest BCUT2D eigenvalue weighted by molar-refractivity contribution is 7.15. The number of nitrogens with one attached hydrogen (secondary N) is 2. The molecule has 1 aromatic carbocycles. The van der Waals surface area contributed by atoms with Gasteiger partial charge in [0.1, 0.15) is 10.5 Å². The number of thiophene rings is 1. The predicted molar refractivity (Wildman–Crippen MR) is 138 cm³/mol. The molecule has 2 aromatic rings. The number of hydrogen-bond donors (Lipinski definition) is 3. The van der Waals surface area contributed by atoms with Crippen LogP contribution in [0.1, 0.15) is 71.0 Å². The summed E-state index contributed by atoms with van der Waals surface area (Å²) in [4.78, 5) is 50.9. The molecular formula is C26H30N4O5S. The molecule has 1 saturated heterocycles. The molecule has 1 aliphatic heterocycles. The van der Waals surface area contributed by atoms with Crippen molar-refractivity contribution in [1.29, 1.82) is 0 Å². The fourth-order valence-electron chi connectivity index (χ4n) is 3.61. The SMILES string of the molecule is CC(=O)c1ccc(C#Cc2cc(NC(N)=O)c(C(=O)N[C@H]3CCCN(C(=O)OC(C)(C)C)C3)s2)cc1. The van der Waals surface area contributed by atoms with Crippen molar-refractivity contribution < 1.29 is 23.9 Å². The van der Waals surface area contributed by atoms with Crippen LogP contribution in [0.4, 0.5) is 15.3 Å². The Morgan fingerprint density at radius 2 is 1.83 bits per heavy atom. The van der Waals surface area contributed by atoms with Crippen molar-refractivity contribution in [2.45, 2.75) is 52.2 Å². The van der Waals surface area contributed by atoms with Crippen LogP contribution >= 0.6 is 11.3 Å². The molecule has 1 fully saturated rings. The summed E-state index contributed by atoms with van der Waals surface area (Å²) >= 11 is 1.13. The van der Waals surface area contributed by atoms with Gasteiger partial charge in [0.15, 0.2) is 5.78 Å². The van der Waals surface area contributed by atoms with Crippen molar-refractivity contribution >= 4 is 40.8 Å². The van der Waals surface area contributed by atoms with Gasteiger partial charge in [-0.15, -0.1) is 11.3 Å². The van der Waals surface area contributed by atoms with Crippen LogP contribution in [-0.4, -0.2) is 53.4 Å². The van der Waals surface area contributed by atoms with Gasteiger partial charge >= 0.3 is 12.1 Å². The molecule has 0 aliphatic carbocycles. The Hall–Kier alpha value is -3.84. The molecule has 3 rings (SSSR count). The summed E-state index contributed by atoms with van der Waals surface area (Å²) in [6.45, 7) is 7.80. The number of nitrogens with two attached hydrogens (primary N) is 1. The molecule has 4 amide bonds. The molecular weight excluding hydrogens is 480 g/mol. The highest BCUT2D eigenvalue weighted by atomic mass is 32.1. The smallest absolute Gasteiger partial charge is 0.410 e. The van der Waals surface area contributed by atoms with E-state index in [-0.39, 0.29) is 22.4 Å². The van der Waals surface area contributed by atoms with Crippen LogP contribution in [0, 0.1) is 11.8 Å². The number of carbonyl (C=O) groups is 4. The lowest BCUT2D eigenvalue weighted by Gasteiger charge is -2.34. The number of urea groups is 1. The maximum absolute atomic E-state index is 13.1. The normalized spacial score (nSPS) is 15.3. The van der Waals surface area contributed by atoms with E-state index in [4.69, 9.17) is 10.5 Å². The van der Waals surface area contributed by atoms with Crippen LogP contribution in [0.25, 0.3) is 0 Å². The molecule has 1 atom stereocenters. The number of hydrogen-bond acceptors (Lipinski definition) is 6. The molecule has 0 radical (unpaired) electrons. The number of carbonyl (C=O) groups excluding carboxylic acids is 4. The van der Waals surface area contributed by atoms with Gasteiger partial charge in [-0.25, -0.2) is 9.59 Å². The van der Waals surface area contributed by atoms with Crippen molar-refractivity contribution in [3.8, 4) is 11.8 Å². The molecule has 1 aromatic heterocycles. The van der Waals surface area contributed by atoms with Crippen LogP contribution in [0.2, 0.25) is 0 Å². The second kappa shape index (κ2) is 11.3. The zero-order chi connectivity index (χ0) is 26.5. The zero-order valence-corrected chi connectivity index (χ0v) is 21.6. The van der Waals surface area contributed by atoms with Crippen molar-refractivity contribution in [2.24, 2.45) is 5.73 Å². The van der Waals surface area contributed by atoms with Gasteiger partial charge in [-0.3, -0.25) is 9.59 Å². The van der Waals surface area contributed by atoms with E-state index in [2.05, 4.69) is 22.5 Å². The van der Waals surface area contributed by atoms with E-state index in [0.717, 1.165) is 17.8 Å². The second-order valence-electron chi connectivity index (χ2n) is 9.47. The Bertz CT molecular complexity index is 1220. The van der Waals surface area contributed by atoms with Gasteiger partial charge in [-0.1, -0.05) is 24.0 Å². The number of nitrogens with zero attached hydrogens (tertiary/aromatic N) is 1. The van der Waals surface area contributed by atoms with Crippen molar-refractivity contribution in [3.05, 3.63) is 51.2 Å². The number of amides is 4. The highest BCUT2D eigenvalue weighted by Crippen LogP contribution is 2.27. The average Bonchev–Trinajstić information content (AvgIpc) is 3.19. The van der Waals surface area contributed by atoms with Gasteiger partial charge in [0.25, 0.3) is 5.91 Å². The lowest BCUT2D eigenvalue weighted by atomic mass is 10.1. The van der Waals surface area contributed by atoms with Gasteiger partial charge in [0, 0.05) is 30.3 Å². The minimum atomic E-state index is -0.796. The van der Waals surface area contributed by atoms with Gasteiger partial charge in [0.2, 0.25) is 0 Å². The number of rotatable bonds is 4. The number of Topliss-reactive ketones (excluding diaryl/α,β-unsaturated/α-hetero) is 1. The first-order valence-corrected chi connectivity index (χ1v) is 12.3. The first-order chi connectivity index (χ1) is 16.9. The molecule has 0 spiro atoms. The standard InChI is InChI=1S/C26H30N4O5S/c1-16(31)18-10-7-17(8-11-18)9-12-20-14-21(29-24(27)33)22(36-20)23(32)28-19-6-5-13-30(15-19)25(34)35-26(2,3)4/h7-8,10-11,14,19H,5-6,13,15H2,1-4H3,(H,28,32)(H3,27,29,33)/t19-/m0/s1. The summed E-state index contributed by atoms with van der Waals surface area (Å²) in [6, 6.07) is 7.41. The van der Waals surface area contributed by atoms with E-state index in [9.17, 15) is 19.2 Å². The number of piperidine rings is 1. The van der Waals surface area contributed by atoms with Crippen molar-refractivity contribution in [3.63, 3.8) is 0 Å². The van der Waals surface area contributed by atoms with Crippen LogP contribution < -0.4 is 16.4 Å². The summed E-state index contributed by atoms with van der Waals surface area (Å²) in [6.07, 6.45) is 1.01. The molecule has 2 heterocycles. The average molecular weight is 511 g/mol. The maximum atomic E-state index is 13.1. The third-order valence-corrected chi connectivity index (χ3v) is 6.28. The van der Waals surface area contributed by atoms with Gasteiger partial charge in [-0.2, -0.15) is 0 Å². The van der Waals surface area contributed by atoms with E-state index in [1.54, 1.807) is 56.0 Å². The van der Waals surface area contributed by atoms with E-state index >= 15 is 0 Å². The number of likely N-dealkylation sites (tertiary alicyclic amines) is 1. The zero-order valence-electron chi connectivity index (χ0n) is 20.8. The second-order valence-corrected chi connectivity index (χ2v) is 10.5. The molecule has 4 N–H and O–H groups in total. The van der Waals surface area contributed by atoms with Crippen molar-refractivity contribution in [2.75, 3.05) is 18.4 Å². The topological polar surface area (TPSA) is 131 Å². The first-order valence-electron chi connectivity index (χ1n) is 11.5. The minimum absolute atomic E-state index is 0.0298. The van der Waals surface area contributed by atoms with Gasteiger partial charge in [-0.05, 0) is 58.7 Å². The molecule has 9 nitrogen and oxygen atoms in total. The molecule has 0 bridgehead atoms. The Morgan fingerprint density at radius 3 is 2.44 bits per heavy atom. The Kier molecular flexibility index (Phi) is 8.37. The fraction of sp³-hybridized carbons (Fsp3) is 0.385. The number of ketones is 1. The summed E-state index contributed by atoms with van der Waals surface area (Å²) < 4.78 is 5.45. The minimum Gasteiger partial charge on any atom is -0.444 e. The molecule has 190 valence electrons. The number of ether oxygens (including phenoxy) is 1. The van der Waals surface area contributed by atoms with Crippen LogP contribution in [0.3, 0.4) is 0 Å². The largest absolute Gasteiger partial charge is 0.444 e. The third kappa shape index (κ3) is 7.58. The molecule has 36 heavy (non-hydrogen) atoms. The third-order valence-electron chi connectivity index (χ3n) is 5.23. The van der Waals surface area contributed by atoms with Crippen molar-refractivity contribution in [1.82, 2.24) is 10.2 Å². The Morgan fingerprint density at radius 1 is 1.14 bits per heavy atom. The lowest BCUT2D eigenvalue weighted by molar-refractivity contribution is 0.0185. The number of primary amides is 1. The van der Waals surface area contributed by atoms with E-state index in [1.807, 2.05) is 0 Å². The summed E-state index contributed by atoms with van der Waals surface area (Å²) in [5, 5.41) is 5.43. The monoisotopic (exact) mass is 510 g/mol. The Balaban J connectivity index is 1.74. The molecule has 0 saturated carbocycles. The van der Waals surface area contributed by atoms with Crippen LogP contribution in [-0.2, 0) is 4.74 Å². The van der Waals surface area contributed by atoms with Gasteiger partial charge < -0.3 is 26.0 Å². The Labute approximate surface area is 214 Å². The van der Waals surface area contributed by atoms with E-state index in [1.165, 1.54) is 6.92 Å². The number of benzene rings is 1. The van der Waals surface area contributed by atoms with Crippen LogP contribution in [0.5, 0.6) is 0 Å². The summed E-state index contributed by atoms with van der Waals surface area (Å²) in [7, 11) is 0. The molecule has 0 unspecified atom stereocenters. The summed E-state index contributed by atoms with van der Waals surface area (Å²) in [5.41, 5.74) is 6.25. The fourth-order valence-corrected chi connectivity index (χ4v) is 4.48. The molecule has 10 heteroatoms.